The molecular formula is C16H17N7O8S3. The van der Waals surface area contributed by atoms with Crippen molar-refractivity contribution in [2.75, 3.05) is 22.6 Å². The molecule has 0 saturated heterocycles. The van der Waals surface area contributed by atoms with E-state index >= 15 is 0 Å². The van der Waals surface area contributed by atoms with Gasteiger partial charge in [-0.1, -0.05) is 6.07 Å². The number of rotatable bonds is 7. The standard InChI is InChI=1S/C16H17N7O8S3/c1-32(24,25)23-10-4-2-3-9(7-10)18-15-20-14(17)21-16(22-15)19-12-8-11(33(26,27)28)5-6-13(12)34(29,30)31/h2-8H,1H3,(H,23,24,25)(H,26,27,28)(H,29,30,31)(H4,17,18,19,20,21,22). The highest BCUT2D eigenvalue weighted by atomic mass is 32.2. The summed E-state index contributed by atoms with van der Waals surface area (Å²) in [5.41, 5.74) is 5.71. The molecule has 1 unspecified atom stereocenters. The third kappa shape index (κ3) is 6.79. The average Bonchev–Trinajstić information content (AvgIpc) is 2.64. The predicted molar refractivity (Wildman–Crippen MR) is 122 cm³/mol. The van der Waals surface area contributed by atoms with Gasteiger partial charge in [-0.05, 0) is 36.4 Å². The van der Waals surface area contributed by atoms with Gasteiger partial charge in [0, 0.05) is 11.9 Å². The highest BCUT2D eigenvalue weighted by Crippen LogP contribution is 2.28. The lowest BCUT2D eigenvalue weighted by atomic mass is 10.3. The van der Waals surface area contributed by atoms with Crippen molar-refractivity contribution in [1.29, 1.82) is 0 Å². The van der Waals surface area contributed by atoms with Crippen LogP contribution in [0.15, 0.2) is 56.6 Å². The maximum Gasteiger partial charge on any atom is 0.296 e. The van der Waals surface area contributed by atoms with E-state index in [0.717, 1.165) is 24.5 Å². The Morgan fingerprint density at radius 2 is 1.50 bits per heavy atom. The number of nitrogens with one attached hydrogen (secondary N) is 2. The SMILES string of the molecule is CS(=O)(O)=Nc1cccc(Nc2nc(N)nc(Nc3cc(S(=O)(=O)O)ccc3S(=O)(=O)O)n2)c1. The lowest BCUT2D eigenvalue weighted by Crippen LogP contribution is -2.10. The first-order valence-corrected chi connectivity index (χ1v) is 13.6. The maximum absolute atomic E-state index is 11.7. The summed E-state index contributed by atoms with van der Waals surface area (Å²) in [5, 5.41) is 5.17. The Labute approximate surface area is 194 Å². The van der Waals surface area contributed by atoms with Crippen molar-refractivity contribution in [2.24, 2.45) is 4.36 Å². The van der Waals surface area contributed by atoms with Crippen LogP contribution >= 0.6 is 0 Å². The summed E-state index contributed by atoms with van der Waals surface area (Å²) in [6, 6.07) is 8.27. The summed E-state index contributed by atoms with van der Waals surface area (Å²) in [5.74, 6) is -0.819. The Hall–Kier alpha value is -3.42. The van der Waals surface area contributed by atoms with Crippen molar-refractivity contribution in [2.45, 2.75) is 9.79 Å². The molecule has 3 aromatic rings. The first-order valence-electron chi connectivity index (χ1n) is 8.79. The van der Waals surface area contributed by atoms with Crippen molar-refractivity contribution < 1.29 is 34.7 Å². The molecular weight excluding hydrogens is 514 g/mol. The van der Waals surface area contributed by atoms with Crippen LogP contribution in [0.5, 0.6) is 0 Å². The third-order valence-corrected chi connectivity index (χ3v) is 6.11. The highest BCUT2D eigenvalue weighted by Gasteiger charge is 2.21. The predicted octanol–water partition coefficient (Wildman–Crippen LogP) is 1.64. The van der Waals surface area contributed by atoms with Crippen LogP contribution in [-0.2, 0) is 30.2 Å². The van der Waals surface area contributed by atoms with Crippen molar-refractivity contribution in [3.05, 3.63) is 42.5 Å². The Bertz CT molecular complexity index is 1590. The molecule has 0 amide bonds. The molecule has 1 aromatic heterocycles. The lowest BCUT2D eigenvalue weighted by Gasteiger charge is -2.12. The molecule has 34 heavy (non-hydrogen) atoms. The quantitative estimate of drug-likeness (QED) is 0.237. The zero-order valence-corrected chi connectivity index (χ0v) is 19.5. The summed E-state index contributed by atoms with van der Waals surface area (Å²) < 4.78 is 89.4. The van der Waals surface area contributed by atoms with Gasteiger partial charge in [-0.3, -0.25) is 9.11 Å². The van der Waals surface area contributed by atoms with Crippen LogP contribution in [0.4, 0.5) is 34.9 Å². The summed E-state index contributed by atoms with van der Waals surface area (Å²) in [6.07, 6.45) is 1.04. The van der Waals surface area contributed by atoms with Crippen LogP contribution in [0.25, 0.3) is 0 Å². The second-order valence-electron chi connectivity index (χ2n) is 6.60. The van der Waals surface area contributed by atoms with E-state index in [-0.39, 0.29) is 23.5 Å². The summed E-state index contributed by atoms with van der Waals surface area (Å²) in [7, 11) is -12.9. The van der Waals surface area contributed by atoms with Crippen molar-refractivity contribution in [3.8, 4) is 0 Å². The normalized spacial score (nSPS) is 13.6. The van der Waals surface area contributed by atoms with Gasteiger partial charge in [0.05, 0.1) is 16.3 Å². The second kappa shape index (κ2) is 9.08. The van der Waals surface area contributed by atoms with Crippen molar-refractivity contribution >= 4 is 65.2 Å². The van der Waals surface area contributed by atoms with E-state index in [9.17, 15) is 34.7 Å². The van der Waals surface area contributed by atoms with Gasteiger partial charge < -0.3 is 20.9 Å². The molecule has 1 heterocycles. The third-order valence-electron chi connectivity index (χ3n) is 3.80. The highest BCUT2D eigenvalue weighted by molar-refractivity contribution is 7.87. The molecule has 0 radical (unpaired) electrons. The molecule has 0 saturated carbocycles. The van der Waals surface area contributed by atoms with Crippen LogP contribution in [0.2, 0.25) is 0 Å². The largest absolute Gasteiger partial charge is 0.368 e. The van der Waals surface area contributed by atoms with Gasteiger partial charge in [-0.15, -0.1) is 0 Å². The molecule has 2 aromatic carbocycles. The van der Waals surface area contributed by atoms with Crippen molar-refractivity contribution in [3.63, 3.8) is 0 Å². The summed E-state index contributed by atoms with van der Waals surface area (Å²) in [6.45, 7) is 0. The zero-order valence-electron chi connectivity index (χ0n) is 17.0. The van der Waals surface area contributed by atoms with Gasteiger partial charge in [-0.25, -0.2) is 4.21 Å². The van der Waals surface area contributed by atoms with Crippen LogP contribution in [0.1, 0.15) is 0 Å². The number of hydrogen-bond acceptors (Lipinski definition) is 12. The Morgan fingerprint density at radius 1 is 0.853 bits per heavy atom. The Morgan fingerprint density at radius 3 is 2.09 bits per heavy atom. The van der Waals surface area contributed by atoms with Gasteiger partial charge in [0.1, 0.15) is 4.90 Å². The van der Waals surface area contributed by atoms with Gasteiger partial charge in [0.15, 0.2) is 10.0 Å². The number of nitrogens with zero attached hydrogens (tertiary/aromatic N) is 4. The topological polar surface area (TPSA) is 247 Å². The molecule has 7 N–H and O–H groups in total. The van der Waals surface area contributed by atoms with E-state index in [0.29, 0.717) is 5.69 Å². The smallest absolute Gasteiger partial charge is 0.296 e. The van der Waals surface area contributed by atoms with Gasteiger partial charge in [-0.2, -0.15) is 36.2 Å². The number of benzene rings is 2. The zero-order chi connectivity index (χ0) is 25.3. The molecule has 0 fully saturated rings. The molecule has 0 aliphatic heterocycles. The first kappa shape index (κ1) is 25.2. The maximum atomic E-state index is 11.7. The minimum atomic E-state index is -4.82. The number of nitrogen functional groups attached to an aromatic ring is 1. The molecule has 0 spiro atoms. The van der Waals surface area contributed by atoms with E-state index in [1.807, 2.05) is 0 Å². The van der Waals surface area contributed by atoms with Gasteiger partial charge in [0.2, 0.25) is 17.8 Å². The monoisotopic (exact) mass is 531 g/mol. The number of hydrogen-bond donors (Lipinski definition) is 6. The molecule has 182 valence electrons. The first-order chi connectivity index (χ1) is 15.6. The molecule has 0 bridgehead atoms. The molecule has 1 atom stereocenters. The second-order valence-corrected chi connectivity index (χ2v) is 11.1. The average molecular weight is 532 g/mol. The van der Waals surface area contributed by atoms with Crippen LogP contribution < -0.4 is 16.4 Å². The molecule has 18 heteroatoms. The fourth-order valence-electron chi connectivity index (χ4n) is 2.58. The van der Waals surface area contributed by atoms with E-state index in [1.165, 1.54) is 18.2 Å². The molecule has 0 aliphatic rings. The van der Waals surface area contributed by atoms with E-state index in [2.05, 4.69) is 29.9 Å². The number of anilines is 5. The summed E-state index contributed by atoms with van der Waals surface area (Å²) in [4.78, 5) is 10.2. The number of nitrogens with two attached hydrogens (primary N) is 1. The van der Waals surface area contributed by atoms with E-state index < -0.39 is 45.7 Å². The fourth-order valence-corrected chi connectivity index (χ4v) is 4.22. The number of aromatic nitrogens is 3. The summed E-state index contributed by atoms with van der Waals surface area (Å²) >= 11 is 0. The minimum Gasteiger partial charge on any atom is -0.368 e. The van der Waals surface area contributed by atoms with Gasteiger partial charge in [0.25, 0.3) is 20.2 Å². The van der Waals surface area contributed by atoms with Crippen LogP contribution in [-0.4, -0.2) is 55.9 Å². The Kier molecular flexibility index (Phi) is 6.73. The van der Waals surface area contributed by atoms with Crippen LogP contribution in [0.3, 0.4) is 0 Å². The molecule has 0 aliphatic carbocycles. The minimum absolute atomic E-state index is 0.146. The van der Waals surface area contributed by atoms with E-state index in [4.69, 9.17) is 5.73 Å². The molecule has 15 nitrogen and oxygen atoms in total. The Balaban J connectivity index is 2.00. The van der Waals surface area contributed by atoms with Gasteiger partial charge >= 0.3 is 0 Å². The van der Waals surface area contributed by atoms with Crippen LogP contribution in [0, 0.1) is 0 Å². The van der Waals surface area contributed by atoms with Crippen molar-refractivity contribution in [1.82, 2.24) is 15.0 Å². The van der Waals surface area contributed by atoms with E-state index in [1.54, 1.807) is 6.07 Å². The lowest BCUT2D eigenvalue weighted by molar-refractivity contribution is 0.479. The molecule has 3 rings (SSSR count). The fraction of sp³-hybridized carbons (Fsp3) is 0.0625.